The Morgan fingerprint density at radius 2 is 1.15 bits per heavy atom. The lowest BCUT2D eigenvalue weighted by molar-refractivity contribution is 0.139. The number of halogens is 1. The van der Waals surface area contributed by atoms with Gasteiger partial charge in [-0.3, -0.25) is 29.2 Å². The Balaban J connectivity index is 0.000000194. The largest absolute Gasteiger partial charge is 0.468 e. The van der Waals surface area contributed by atoms with Crippen LogP contribution in [0.4, 0.5) is 0 Å². The van der Waals surface area contributed by atoms with Crippen molar-refractivity contribution < 1.29 is 8.83 Å². The molecule has 73 heavy (non-hydrogen) atoms. The number of piperazine rings is 2. The van der Waals surface area contributed by atoms with E-state index >= 15 is 0 Å². The molecule has 0 atom stereocenters. The van der Waals surface area contributed by atoms with Crippen LogP contribution in [-0.4, -0.2) is 134 Å². The number of aromatic amines is 1. The maximum atomic E-state index is 5.90. The number of likely N-dealkylation sites (N-methyl/N-ethyl adjacent to an activating group) is 2. The van der Waals surface area contributed by atoms with Gasteiger partial charge in [-0.25, -0.2) is 0 Å². The van der Waals surface area contributed by atoms with E-state index in [2.05, 4.69) is 192 Å². The molecule has 406 valence electrons. The monoisotopic (exact) mass is 1070 g/mol. The Hall–Kier alpha value is -4.38. The van der Waals surface area contributed by atoms with Crippen molar-refractivity contribution in [3.63, 3.8) is 0 Å². The molecule has 0 radical (unpaired) electrons. The molecule has 3 aliphatic rings. The van der Waals surface area contributed by atoms with Crippen molar-refractivity contribution in [3.05, 3.63) is 130 Å². The SMILES string of the molecule is CC(C)c1cccnc1.CC(C)c1cn[nH]c1.CC(C)c1cnn(C)c1.CC(C)c1cnn(C2CCNCC2)c1.CC(C)c1coc(CN2CCN(C)CC2)c1.CC(C)c1oc(CN2CCN(C)CC2)cc1Br. The van der Waals surface area contributed by atoms with Crippen LogP contribution in [0.5, 0.6) is 0 Å². The lowest BCUT2D eigenvalue weighted by Crippen LogP contribution is -2.43. The van der Waals surface area contributed by atoms with Crippen LogP contribution in [0.25, 0.3) is 0 Å². The number of rotatable bonds is 11. The summed E-state index contributed by atoms with van der Waals surface area (Å²) < 4.78 is 16.6. The number of nitrogens with one attached hydrogen (secondary N) is 2. The zero-order valence-electron chi connectivity index (χ0n) is 47.6. The van der Waals surface area contributed by atoms with E-state index in [9.17, 15) is 0 Å². The van der Waals surface area contributed by atoms with Crippen LogP contribution in [0.1, 0.15) is 183 Å². The first-order chi connectivity index (χ1) is 34.8. The zero-order valence-corrected chi connectivity index (χ0v) is 49.2. The third-order valence-electron chi connectivity index (χ3n) is 13.5. The predicted octanol–water partition coefficient (Wildman–Crippen LogP) is 12.3. The van der Waals surface area contributed by atoms with Crippen molar-refractivity contribution in [1.29, 1.82) is 0 Å². The standard InChI is InChI=1S/C13H21BrN2O.C13H22N2O.C11H19N3.C8H11N.C7H12N2.C6H10N2/c1-10(2)13-12(14)8-11(17-13)9-16-6-4-15(3)5-7-16;1-11(2)12-8-13(16-10-12)9-15-6-4-14(3)5-7-15;1-9(2)10-7-13-14(8-10)11-3-5-12-6-4-11;1-7(2)8-4-3-5-9-6-8;1-6(2)7-4-8-9(3)5-7;1-5(2)6-3-7-8-4-6/h8,10H,4-7,9H2,1-3H3;8,10-11H,4-7,9H2,1-3H3;7-9,11-12H,3-6H2,1-2H3;3-7H,1-2H3;4-6H,1-3H3;3-5H,1-2H3,(H,7,8). The summed E-state index contributed by atoms with van der Waals surface area (Å²) >= 11 is 3.57. The van der Waals surface area contributed by atoms with Gasteiger partial charge in [0.15, 0.2) is 0 Å². The number of H-pyrrole nitrogens is 1. The number of aromatic nitrogens is 7. The molecule has 0 aromatic carbocycles. The second-order valence-electron chi connectivity index (χ2n) is 21.9. The highest BCUT2D eigenvalue weighted by Crippen LogP contribution is 2.29. The second-order valence-corrected chi connectivity index (χ2v) is 22.7. The molecule has 15 heteroatoms. The second kappa shape index (κ2) is 32.1. The van der Waals surface area contributed by atoms with Crippen LogP contribution in [0.15, 0.2) is 93.4 Å². The van der Waals surface area contributed by atoms with Gasteiger partial charge in [-0.05, 0) is 132 Å². The number of aryl methyl sites for hydroxylation is 1. The molecule has 0 unspecified atom stereocenters. The minimum atomic E-state index is 0.436. The lowest BCUT2D eigenvalue weighted by Gasteiger charge is -2.31. The van der Waals surface area contributed by atoms with Gasteiger partial charge in [-0.1, -0.05) is 89.2 Å². The fourth-order valence-corrected chi connectivity index (χ4v) is 8.89. The molecular formula is C58H95BrN12O2. The minimum absolute atomic E-state index is 0.436. The van der Waals surface area contributed by atoms with E-state index in [4.69, 9.17) is 8.83 Å². The van der Waals surface area contributed by atoms with Crippen molar-refractivity contribution in [1.82, 2.24) is 59.7 Å². The van der Waals surface area contributed by atoms with Gasteiger partial charge in [0.2, 0.25) is 0 Å². The summed E-state index contributed by atoms with van der Waals surface area (Å²) in [4.78, 5) is 13.7. The maximum absolute atomic E-state index is 5.90. The molecule has 6 aromatic heterocycles. The first-order valence-electron chi connectivity index (χ1n) is 27.1. The number of nitrogens with zero attached hydrogens (tertiary/aromatic N) is 10. The number of piperidine rings is 1. The van der Waals surface area contributed by atoms with Crippen molar-refractivity contribution in [2.75, 3.05) is 79.5 Å². The van der Waals surface area contributed by atoms with E-state index in [-0.39, 0.29) is 0 Å². The van der Waals surface area contributed by atoms with Crippen LogP contribution < -0.4 is 5.32 Å². The molecule has 2 N–H and O–H groups in total. The van der Waals surface area contributed by atoms with E-state index in [0.29, 0.717) is 41.5 Å². The summed E-state index contributed by atoms with van der Waals surface area (Å²) in [5, 5.41) is 18.5. The van der Waals surface area contributed by atoms with Crippen molar-refractivity contribution in [2.45, 2.75) is 151 Å². The van der Waals surface area contributed by atoms with Gasteiger partial charge >= 0.3 is 0 Å². The molecular weight excluding hydrogens is 977 g/mol. The quantitative estimate of drug-likeness (QED) is 0.129. The van der Waals surface area contributed by atoms with Gasteiger partial charge in [0.05, 0.1) is 48.5 Å². The topological polar surface area (TPSA) is 128 Å². The van der Waals surface area contributed by atoms with Crippen LogP contribution in [0.2, 0.25) is 0 Å². The highest BCUT2D eigenvalue weighted by atomic mass is 79.9. The molecule has 3 saturated heterocycles. The first kappa shape index (κ1) is 61.2. The molecule has 0 amide bonds. The summed E-state index contributed by atoms with van der Waals surface area (Å²) in [5.41, 5.74) is 6.53. The number of hydrogen-bond acceptors (Lipinski definition) is 11. The summed E-state index contributed by atoms with van der Waals surface area (Å²) in [5.74, 6) is 6.61. The molecule has 0 saturated carbocycles. The number of pyridine rings is 1. The van der Waals surface area contributed by atoms with E-state index in [1.807, 2.05) is 61.2 Å². The molecule has 14 nitrogen and oxygen atoms in total. The van der Waals surface area contributed by atoms with Crippen LogP contribution in [-0.2, 0) is 20.1 Å². The molecule has 3 aliphatic heterocycles. The highest BCUT2D eigenvalue weighted by molar-refractivity contribution is 9.10. The highest BCUT2D eigenvalue weighted by Gasteiger charge is 2.19. The van der Waals surface area contributed by atoms with E-state index in [0.717, 1.165) is 100 Å². The van der Waals surface area contributed by atoms with E-state index in [1.54, 1.807) is 6.20 Å². The van der Waals surface area contributed by atoms with Gasteiger partial charge < -0.3 is 24.0 Å². The van der Waals surface area contributed by atoms with Gasteiger partial charge in [0, 0.05) is 96.3 Å². The molecule has 6 aromatic rings. The smallest absolute Gasteiger partial charge is 0.120 e. The van der Waals surface area contributed by atoms with Crippen LogP contribution in [0.3, 0.4) is 0 Å². The Labute approximate surface area is 449 Å². The molecule has 0 spiro atoms. The summed E-state index contributed by atoms with van der Waals surface area (Å²) in [7, 11) is 6.30. The molecule has 0 aliphatic carbocycles. The van der Waals surface area contributed by atoms with Gasteiger partial charge in [0.25, 0.3) is 0 Å². The van der Waals surface area contributed by atoms with Gasteiger partial charge in [0.1, 0.15) is 17.3 Å². The van der Waals surface area contributed by atoms with Crippen LogP contribution >= 0.6 is 15.9 Å². The summed E-state index contributed by atoms with van der Waals surface area (Å²) in [6.45, 7) is 39.4. The third-order valence-corrected chi connectivity index (χ3v) is 14.1. The third kappa shape index (κ3) is 22.6. The Bertz CT molecular complexity index is 2310. The first-order valence-corrected chi connectivity index (χ1v) is 27.9. The zero-order chi connectivity index (χ0) is 53.5. The average Bonchev–Trinajstić information content (AvgIpc) is 4.24. The van der Waals surface area contributed by atoms with Crippen molar-refractivity contribution >= 4 is 15.9 Å². The van der Waals surface area contributed by atoms with Crippen LogP contribution in [0, 0.1) is 0 Å². The Kier molecular flexibility index (Phi) is 26.9. The van der Waals surface area contributed by atoms with Crippen molar-refractivity contribution in [3.8, 4) is 0 Å². The molecule has 9 rings (SSSR count). The van der Waals surface area contributed by atoms with Gasteiger partial charge in [-0.15, -0.1) is 0 Å². The Morgan fingerprint density at radius 1 is 0.603 bits per heavy atom. The summed E-state index contributed by atoms with van der Waals surface area (Å²) in [6.07, 6.45) is 20.0. The molecule has 9 heterocycles. The normalized spacial score (nSPS) is 16.1. The fraction of sp³-hybridized carbons (Fsp3) is 0.621. The lowest BCUT2D eigenvalue weighted by atomic mass is 10.1. The van der Waals surface area contributed by atoms with E-state index < -0.39 is 0 Å². The summed E-state index contributed by atoms with van der Waals surface area (Å²) in [6, 6.07) is 8.99. The van der Waals surface area contributed by atoms with E-state index in [1.165, 1.54) is 40.7 Å². The molecule has 3 fully saturated rings. The van der Waals surface area contributed by atoms with Crippen molar-refractivity contribution in [2.24, 2.45) is 7.05 Å². The molecule has 0 bridgehead atoms. The minimum Gasteiger partial charge on any atom is -0.468 e. The maximum Gasteiger partial charge on any atom is 0.120 e. The van der Waals surface area contributed by atoms with Gasteiger partial charge in [-0.2, -0.15) is 15.3 Å². The predicted molar refractivity (Wildman–Crippen MR) is 305 cm³/mol. The number of furan rings is 2. The Morgan fingerprint density at radius 3 is 1.55 bits per heavy atom. The fourth-order valence-electron chi connectivity index (χ4n) is 8.09. The number of hydrogen-bond donors (Lipinski definition) is 2. The average molecular weight is 1070 g/mol.